The number of amides is 2. The van der Waals surface area contributed by atoms with Gasteiger partial charge in [0.2, 0.25) is 11.8 Å². The molecule has 108 valence electrons. The first-order valence-corrected chi connectivity index (χ1v) is 7.65. The van der Waals surface area contributed by atoms with Gasteiger partial charge >= 0.3 is 0 Å². The lowest BCUT2D eigenvalue weighted by atomic mass is 10.0. The molecule has 1 heterocycles. The Labute approximate surface area is 127 Å². The monoisotopic (exact) mass is 338 g/mol. The lowest BCUT2D eigenvalue weighted by molar-refractivity contribution is -0.146. The number of halogens is 1. The molecule has 4 nitrogen and oxygen atoms in total. The molecule has 1 saturated heterocycles. The average Bonchev–Trinajstić information content (AvgIpc) is 2.42. The van der Waals surface area contributed by atoms with Crippen LogP contribution >= 0.6 is 15.9 Å². The van der Waals surface area contributed by atoms with E-state index in [0.717, 1.165) is 36.0 Å². The van der Waals surface area contributed by atoms with Crippen LogP contribution in [-0.4, -0.2) is 35.8 Å². The molecule has 0 spiro atoms. The molecule has 2 rings (SSSR count). The maximum atomic E-state index is 12.4. The van der Waals surface area contributed by atoms with Crippen LogP contribution in [0.1, 0.15) is 25.3 Å². The number of piperidine rings is 1. The van der Waals surface area contributed by atoms with Crippen molar-refractivity contribution < 1.29 is 9.59 Å². The van der Waals surface area contributed by atoms with Gasteiger partial charge in [-0.05, 0) is 43.6 Å². The van der Waals surface area contributed by atoms with Crippen LogP contribution in [0.3, 0.4) is 0 Å². The summed E-state index contributed by atoms with van der Waals surface area (Å²) in [6.45, 7) is 3.20. The lowest BCUT2D eigenvalue weighted by Crippen LogP contribution is -2.48. The van der Waals surface area contributed by atoms with E-state index in [4.69, 9.17) is 0 Å². The summed E-state index contributed by atoms with van der Waals surface area (Å²) < 4.78 is 0.982. The van der Waals surface area contributed by atoms with E-state index in [2.05, 4.69) is 21.2 Å². The third-order valence-corrected chi connectivity index (χ3v) is 4.08. The van der Waals surface area contributed by atoms with Crippen LogP contribution in [0.4, 0.5) is 0 Å². The van der Waals surface area contributed by atoms with Crippen molar-refractivity contribution in [3.05, 3.63) is 34.3 Å². The summed E-state index contributed by atoms with van der Waals surface area (Å²) in [7, 11) is 0. The standard InChI is InChI=1S/C15H19BrN2O2/c1-11(19)18(14-6-8-17-9-7-14)15(20)10-12-2-4-13(16)5-3-12/h2-5,14,17H,6-10H2,1H3. The highest BCUT2D eigenvalue weighted by Crippen LogP contribution is 2.16. The van der Waals surface area contributed by atoms with E-state index >= 15 is 0 Å². The molecule has 0 atom stereocenters. The smallest absolute Gasteiger partial charge is 0.233 e. The van der Waals surface area contributed by atoms with Crippen molar-refractivity contribution in [3.63, 3.8) is 0 Å². The molecule has 5 heteroatoms. The van der Waals surface area contributed by atoms with Crippen molar-refractivity contribution >= 4 is 27.7 Å². The number of hydrogen-bond donors (Lipinski definition) is 1. The molecule has 0 unspecified atom stereocenters. The minimum Gasteiger partial charge on any atom is -0.317 e. The highest BCUT2D eigenvalue weighted by atomic mass is 79.9. The number of hydrogen-bond acceptors (Lipinski definition) is 3. The van der Waals surface area contributed by atoms with Crippen LogP contribution in [-0.2, 0) is 16.0 Å². The summed E-state index contributed by atoms with van der Waals surface area (Å²) >= 11 is 3.37. The number of imide groups is 1. The molecule has 1 fully saturated rings. The lowest BCUT2D eigenvalue weighted by Gasteiger charge is -2.32. The highest BCUT2D eigenvalue weighted by molar-refractivity contribution is 9.10. The van der Waals surface area contributed by atoms with Gasteiger partial charge in [0.1, 0.15) is 0 Å². The molecule has 0 aliphatic carbocycles. The van der Waals surface area contributed by atoms with Crippen molar-refractivity contribution in [1.82, 2.24) is 10.2 Å². The number of nitrogens with one attached hydrogen (secondary N) is 1. The van der Waals surface area contributed by atoms with Gasteiger partial charge in [0.25, 0.3) is 0 Å². The van der Waals surface area contributed by atoms with Gasteiger partial charge in [-0.3, -0.25) is 14.5 Å². The number of carbonyl (C=O) groups is 2. The third-order valence-electron chi connectivity index (χ3n) is 3.55. The van der Waals surface area contributed by atoms with Crippen molar-refractivity contribution in [2.45, 2.75) is 32.2 Å². The van der Waals surface area contributed by atoms with Crippen LogP contribution in [0.2, 0.25) is 0 Å². The van der Waals surface area contributed by atoms with E-state index < -0.39 is 0 Å². The van der Waals surface area contributed by atoms with E-state index in [1.165, 1.54) is 11.8 Å². The molecule has 0 aromatic heterocycles. The van der Waals surface area contributed by atoms with Crippen molar-refractivity contribution in [3.8, 4) is 0 Å². The Balaban J connectivity index is 2.06. The van der Waals surface area contributed by atoms with Crippen LogP contribution in [0.5, 0.6) is 0 Å². The summed E-state index contributed by atoms with van der Waals surface area (Å²) in [4.78, 5) is 25.7. The maximum absolute atomic E-state index is 12.4. The average molecular weight is 339 g/mol. The zero-order valence-electron chi connectivity index (χ0n) is 11.6. The SMILES string of the molecule is CC(=O)N(C(=O)Cc1ccc(Br)cc1)C1CCNCC1. The van der Waals surface area contributed by atoms with Crippen LogP contribution in [0, 0.1) is 0 Å². The van der Waals surface area contributed by atoms with Crippen LogP contribution in [0.25, 0.3) is 0 Å². The van der Waals surface area contributed by atoms with E-state index in [-0.39, 0.29) is 24.3 Å². The van der Waals surface area contributed by atoms with Gasteiger partial charge in [0.15, 0.2) is 0 Å². The highest BCUT2D eigenvalue weighted by Gasteiger charge is 2.28. The Morgan fingerprint density at radius 2 is 1.85 bits per heavy atom. The minimum absolute atomic E-state index is 0.0386. The van der Waals surface area contributed by atoms with Crippen molar-refractivity contribution in [2.75, 3.05) is 13.1 Å². The van der Waals surface area contributed by atoms with E-state index in [1.807, 2.05) is 24.3 Å². The van der Waals surface area contributed by atoms with Gasteiger partial charge in [0, 0.05) is 17.4 Å². The molecule has 0 bridgehead atoms. The van der Waals surface area contributed by atoms with E-state index in [9.17, 15) is 9.59 Å². The van der Waals surface area contributed by atoms with Crippen molar-refractivity contribution in [1.29, 1.82) is 0 Å². The molecule has 1 aromatic carbocycles. The second kappa shape index (κ2) is 6.99. The summed E-state index contributed by atoms with van der Waals surface area (Å²) in [5.74, 6) is -0.259. The number of benzene rings is 1. The molecule has 1 aromatic rings. The largest absolute Gasteiger partial charge is 0.317 e. The predicted octanol–water partition coefficient (Wildman–Crippen LogP) is 2.12. The quantitative estimate of drug-likeness (QED) is 0.918. The third kappa shape index (κ3) is 3.90. The molecular formula is C15H19BrN2O2. The van der Waals surface area contributed by atoms with Crippen LogP contribution < -0.4 is 5.32 Å². The first-order chi connectivity index (χ1) is 9.58. The van der Waals surface area contributed by atoms with Gasteiger partial charge in [-0.15, -0.1) is 0 Å². The molecule has 20 heavy (non-hydrogen) atoms. The summed E-state index contributed by atoms with van der Waals surface area (Å²) in [5.41, 5.74) is 0.929. The minimum atomic E-state index is -0.154. The molecule has 1 N–H and O–H groups in total. The zero-order valence-corrected chi connectivity index (χ0v) is 13.1. The van der Waals surface area contributed by atoms with Crippen molar-refractivity contribution in [2.24, 2.45) is 0 Å². The van der Waals surface area contributed by atoms with Gasteiger partial charge in [0.05, 0.1) is 6.42 Å². The Morgan fingerprint density at radius 1 is 1.25 bits per heavy atom. The van der Waals surface area contributed by atoms with Gasteiger partial charge in [-0.1, -0.05) is 28.1 Å². The number of nitrogens with zero attached hydrogens (tertiary/aromatic N) is 1. The Morgan fingerprint density at radius 3 is 2.40 bits per heavy atom. The topological polar surface area (TPSA) is 49.4 Å². The van der Waals surface area contributed by atoms with Crippen LogP contribution in [0.15, 0.2) is 28.7 Å². The van der Waals surface area contributed by atoms with Gasteiger partial charge in [-0.2, -0.15) is 0 Å². The second-order valence-electron chi connectivity index (χ2n) is 5.07. The first-order valence-electron chi connectivity index (χ1n) is 6.85. The van der Waals surface area contributed by atoms with Gasteiger partial charge in [-0.25, -0.2) is 0 Å². The number of rotatable bonds is 3. The molecule has 1 aliphatic heterocycles. The van der Waals surface area contributed by atoms with Gasteiger partial charge < -0.3 is 5.32 Å². The summed E-state index contributed by atoms with van der Waals surface area (Å²) in [6, 6.07) is 7.67. The number of carbonyl (C=O) groups excluding carboxylic acids is 2. The summed E-state index contributed by atoms with van der Waals surface area (Å²) in [5, 5.41) is 3.25. The molecule has 0 saturated carbocycles. The molecular weight excluding hydrogens is 320 g/mol. The molecule has 2 amide bonds. The predicted molar refractivity (Wildman–Crippen MR) is 81.3 cm³/mol. The fraction of sp³-hybridized carbons (Fsp3) is 0.467. The Kier molecular flexibility index (Phi) is 5.31. The zero-order chi connectivity index (χ0) is 14.5. The fourth-order valence-corrected chi connectivity index (χ4v) is 2.83. The normalized spacial score (nSPS) is 15.9. The van der Waals surface area contributed by atoms with E-state index in [1.54, 1.807) is 0 Å². The molecule has 0 radical (unpaired) electrons. The fourth-order valence-electron chi connectivity index (χ4n) is 2.56. The second-order valence-corrected chi connectivity index (χ2v) is 5.98. The molecule has 1 aliphatic rings. The maximum Gasteiger partial charge on any atom is 0.233 e. The summed E-state index contributed by atoms with van der Waals surface area (Å²) in [6.07, 6.45) is 1.95. The first kappa shape index (κ1) is 15.2. The Bertz CT molecular complexity index is 481. The Hall–Kier alpha value is -1.20. The van der Waals surface area contributed by atoms with E-state index in [0.29, 0.717) is 0 Å².